The molecule has 0 fully saturated rings. The fraction of sp³-hybridized carbons (Fsp3) is 0.560. The highest BCUT2D eigenvalue weighted by Crippen LogP contribution is 2.31. The van der Waals surface area contributed by atoms with Crippen LogP contribution >= 0.6 is 12.2 Å². The number of nitrogens with one attached hydrogen (secondary N) is 2. The summed E-state index contributed by atoms with van der Waals surface area (Å²) in [4.78, 5) is 26.6. The van der Waals surface area contributed by atoms with Crippen LogP contribution in [0.5, 0.6) is 0 Å². The molecule has 7 heteroatoms. The number of unbranched alkanes of at least 4 members (excludes halogenated alkanes) is 6. The lowest BCUT2D eigenvalue weighted by molar-refractivity contribution is -0.139. The first-order chi connectivity index (χ1) is 15.4. The molecular formula is C25H37N3O3S. The molecule has 0 aromatic heterocycles. The minimum atomic E-state index is -0.393. The summed E-state index contributed by atoms with van der Waals surface area (Å²) in [6, 6.07) is 7.14. The maximum absolute atomic E-state index is 12.6. The third-order valence-corrected chi connectivity index (χ3v) is 6.18. The number of anilines is 1. The van der Waals surface area contributed by atoms with Crippen molar-refractivity contribution in [2.45, 2.75) is 78.2 Å². The van der Waals surface area contributed by atoms with Gasteiger partial charge in [-0.25, -0.2) is 4.79 Å². The van der Waals surface area contributed by atoms with Crippen molar-refractivity contribution in [3.63, 3.8) is 0 Å². The second-order valence-electron chi connectivity index (χ2n) is 8.20. The summed E-state index contributed by atoms with van der Waals surface area (Å²) in [6.07, 6.45) is 8.85. The molecule has 0 saturated carbocycles. The number of benzene rings is 1. The van der Waals surface area contributed by atoms with Crippen molar-refractivity contribution in [3.8, 4) is 0 Å². The number of hydrogen-bond donors (Lipinski definition) is 2. The molecule has 1 unspecified atom stereocenters. The molecule has 1 aromatic rings. The lowest BCUT2D eigenvalue weighted by Crippen LogP contribution is -2.46. The van der Waals surface area contributed by atoms with E-state index < -0.39 is 6.04 Å². The summed E-state index contributed by atoms with van der Waals surface area (Å²) in [7, 11) is 1.82. The molecule has 176 valence electrons. The summed E-state index contributed by atoms with van der Waals surface area (Å²) in [5.74, 6) is -0.322. The maximum atomic E-state index is 12.6. The molecule has 0 aliphatic carbocycles. The van der Waals surface area contributed by atoms with Crippen LogP contribution in [0, 0.1) is 0 Å². The minimum absolute atomic E-state index is 0.0351. The Kier molecular flexibility index (Phi) is 10.7. The van der Waals surface area contributed by atoms with Gasteiger partial charge in [-0.2, -0.15) is 0 Å². The van der Waals surface area contributed by atoms with Crippen LogP contribution in [0.15, 0.2) is 35.5 Å². The zero-order valence-corrected chi connectivity index (χ0v) is 20.6. The molecule has 2 rings (SSSR count). The molecule has 6 nitrogen and oxygen atoms in total. The molecule has 1 aliphatic rings. The first kappa shape index (κ1) is 25.8. The van der Waals surface area contributed by atoms with Gasteiger partial charge >= 0.3 is 5.97 Å². The molecule has 1 atom stereocenters. The Labute approximate surface area is 197 Å². The summed E-state index contributed by atoms with van der Waals surface area (Å²) in [5.41, 5.74) is 2.94. The van der Waals surface area contributed by atoms with E-state index >= 15 is 0 Å². The van der Waals surface area contributed by atoms with Gasteiger partial charge in [0.05, 0.1) is 18.2 Å². The van der Waals surface area contributed by atoms with Gasteiger partial charge in [0.15, 0.2) is 5.11 Å². The van der Waals surface area contributed by atoms with E-state index in [9.17, 15) is 9.59 Å². The quantitative estimate of drug-likeness (QED) is 0.246. The normalized spacial score (nSPS) is 16.1. The monoisotopic (exact) mass is 459 g/mol. The smallest absolute Gasteiger partial charge is 0.338 e. The Morgan fingerprint density at radius 3 is 2.31 bits per heavy atom. The molecule has 0 spiro atoms. The van der Waals surface area contributed by atoms with Gasteiger partial charge in [-0.1, -0.05) is 57.6 Å². The van der Waals surface area contributed by atoms with Gasteiger partial charge < -0.3 is 20.3 Å². The first-order valence-corrected chi connectivity index (χ1v) is 12.1. The second-order valence-corrected chi connectivity index (χ2v) is 8.59. The van der Waals surface area contributed by atoms with Crippen molar-refractivity contribution >= 4 is 34.9 Å². The molecule has 32 heavy (non-hydrogen) atoms. The van der Waals surface area contributed by atoms with E-state index in [0.717, 1.165) is 29.8 Å². The summed E-state index contributed by atoms with van der Waals surface area (Å²) < 4.78 is 5.27. The van der Waals surface area contributed by atoms with Crippen molar-refractivity contribution < 1.29 is 14.3 Å². The Hall–Kier alpha value is -2.41. The van der Waals surface area contributed by atoms with E-state index in [4.69, 9.17) is 17.0 Å². The van der Waals surface area contributed by atoms with Gasteiger partial charge in [-0.3, -0.25) is 4.79 Å². The Morgan fingerprint density at radius 2 is 1.69 bits per heavy atom. The van der Waals surface area contributed by atoms with Gasteiger partial charge in [0, 0.05) is 24.9 Å². The van der Waals surface area contributed by atoms with E-state index in [1.165, 1.54) is 32.1 Å². The Balaban J connectivity index is 1.96. The van der Waals surface area contributed by atoms with Gasteiger partial charge in [0.1, 0.15) is 0 Å². The molecule has 0 radical (unpaired) electrons. The molecule has 1 amide bonds. The molecule has 1 aromatic carbocycles. The van der Waals surface area contributed by atoms with Gasteiger partial charge in [0.25, 0.3) is 0 Å². The lowest BCUT2D eigenvalue weighted by atomic mass is 9.95. The molecular weight excluding hydrogens is 422 g/mol. The van der Waals surface area contributed by atoms with Crippen molar-refractivity contribution in [1.29, 1.82) is 0 Å². The number of nitrogens with zero attached hydrogens (tertiary/aromatic N) is 1. The van der Waals surface area contributed by atoms with Crippen molar-refractivity contribution in [2.75, 3.05) is 19.0 Å². The van der Waals surface area contributed by atoms with Gasteiger partial charge in [-0.05, 0) is 50.2 Å². The minimum Gasteiger partial charge on any atom is -0.463 e. The van der Waals surface area contributed by atoms with Crippen LogP contribution in [0.3, 0.4) is 0 Å². The SMILES string of the molecule is CCCCCCCCCC(=O)Nc1ccc(C2NC(=S)N(C)C(C)=C2C(=O)OCC)cc1. The standard InChI is InChI=1S/C25H37N3O3S/c1-5-7-8-9-10-11-12-13-21(29)26-20-16-14-19(15-17-20)23-22(24(30)31-6-2)18(3)28(4)25(32)27-23/h14-17,23H,5-13H2,1-4H3,(H,26,29)(H,27,32). The number of amides is 1. The number of allylic oxidation sites excluding steroid dienone is 1. The van der Waals surface area contributed by atoms with Crippen LogP contribution in [-0.4, -0.2) is 35.5 Å². The van der Waals surface area contributed by atoms with E-state index in [0.29, 0.717) is 23.7 Å². The summed E-state index contributed by atoms with van der Waals surface area (Å²) >= 11 is 5.42. The maximum Gasteiger partial charge on any atom is 0.338 e. The van der Waals surface area contributed by atoms with Crippen LogP contribution < -0.4 is 10.6 Å². The number of hydrogen-bond acceptors (Lipinski definition) is 4. The summed E-state index contributed by atoms with van der Waals surface area (Å²) in [5, 5.41) is 6.74. The van der Waals surface area contributed by atoms with Crippen LogP contribution in [0.1, 0.15) is 83.7 Å². The lowest BCUT2D eigenvalue weighted by Gasteiger charge is -2.35. The average molecular weight is 460 g/mol. The first-order valence-electron chi connectivity index (χ1n) is 11.7. The average Bonchev–Trinajstić information content (AvgIpc) is 2.77. The van der Waals surface area contributed by atoms with Crippen LogP contribution in [0.25, 0.3) is 0 Å². The fourth-order valence-corrected chi connectivity index (χ4v) is 4.04. The third-order valence-electron chi connectivity index (χ3n) is 5.78. The molecule has 0 saturated heterocycles. The topological polar surface area (TPSA) is 70.7 Å². The number of rotatable bonds is 12. The molecule has 1 aliphatic heterocycles. The number of carbonyl (C=O) groups is 2. The second kappa shape index (κ2) is 13.2. The zero-order valence-electron chi connectivity index (χ0n) is 19.8. The number of carbonyl (C=O) groups excluding carboxylic acids is 2. The summed E-state index contributed by atoms with van der Waals surface area (Å²) in [6.45, 7) is 6.18. The Morgan fingerprint density at radius 1 is 1.06 bits per heavy atom. The predicted molar refractivity (Wildman–Crippen MR) is 133 cm³/mol. The van der Waals surface area contributed by atoms with E-state index in [2.05, 4.69) is 17.6 Å². The number of thiocarbonyl (C=S) groups is 1. The molecule has 0 bridgehead atoms. The molecule has 1 heterocycles. The van der Waals surface area contributed by atoms with E-state index in [1.807, 2.05) is 38.2 Å². The zero-order chi connectivity index (χ0) is 23.5. The highest BCUT2D eigenvalue weighted by Gasteiger charge is 2.33. The van der Waals surface area contributed by atoms with Gasteiger partial charge in [0.2, 0.25) is 5.91 Å². The van der Waals surface area contributed by atoms with Crippen LogP contribution in [0.2, 0.25) is 0 Å². The number of ether oxygens (including phenoxy) is 1. The van der Waals surface area contributed by atoms with Gasteiger partial charge in [-0.15, -0.1) is 0 Å². The van der Waals surface area contributed by atoms with Crippen molar-refractivity contribution in [2.24, 2.45) is 0 Å². The van der Waals surface area contributed by atoms with Crippen molar-refractivity contribution in [3.05, 3.63) is 41.1 Å². The highest BCUT2D eigenvalue weighted by molar-refractivity contribution is 7.80. The van der Waals surface area contributed by atoms with E-state index in [1.54, 1.807) is 11.8 Å². The largest absolute Gasteiger partial charge is 0.463 e. The van der Waals surface area contributed by atoms with Crippen LogP contribution in [-0.2, 0) is 14.3 Å². The predicted octanol–water partition coefficient (Wildman–Crippen LogP) is 5.46. The van der Waals surface area contributed by atoms with E-state index in [-0.39, 0.29) is 11.9 Å². The fourth-order valence-electron chi connectivity index (χ4n) is 3.78. The Bertz CT molecular complexity index is 820. The number of esters is 1. The van der Waals surface area contributed by atoms with Crippen LogP contribution in [0.4, 0.5) is 5.69 Å². The molecule has 2 N–H and O–H groups in total. The highest BCUT2D eigenvalue weighted by atomic mass is 32.1. The third kappa shape index (κ3) is 7.33. The van der Waals surface area contributed by atoms with Crippen molar-refractivity contribution in [1.82, 2.24) is 10.2 Å².